The van der Waals surface area contributed by atoms with Crippen molar-refractivity contribution in [3.8, 4) is 5.75 Å². The maximum Gasteiger partial charge on any atom is 0.163 e. The highest BCUT2D eigenvalue weighted by molar-refractivity contribution is 9.11. The monoisotopic (exact) mass is 550 g/mol. The summed E-state index contributed by atoms with van der Waals surface area (Å²) in [6.45, 7) is 2.86. The summed E-state index contributed by atoms with van der Waals surface area (Å²) in [7, 11) is 0. The Morgan fingerprint density at radius 2 is 1.48 bits per heavy atom. The molecule has 1 aromatic carbocycles. The van der Waals surface area contributed by atoms with Gasteiger partial charge < -0.3 is 9.47 Å². The van der Waals surface area contributed by atoms with Crippen LogP contribution in [-0.4, -0.2) is 18.2 Å². The van der Waals surface area contributed by atoms with Crippen LogP contribution in [0.25, 0.3) is 0 Å². The van der Waals surface area contributed by atoms with E-state index in [1.807, 2.05) is 12.1 Å². The Morgan fingerprint density at radius 3 is 2.03 bits per heavy atom. The van der Waals surface area contributed by atoms with E-state index >= 15 is 0 Å². The van der Waals surface area contributed by atoms with Crippen molar-refractivity contribution in [3.63, 3.8) is 0 Å². The zero-order valence-corrected chi connectivity index (χ0v) is 21.1. The summed E-state index contributed by atoms with van der Waals surface area (Å²) in [5, 5.41) is 0. The van der Waals surface area contributed by atoms with Gasteiger partial charge in [0.25, 0.3) is 0 Å². The van der Waals surface area contributed by atoms with Gasteiger partial charge in [-0.2, -0.15) is 0 Å². The third-order valence-corrected chi connectivity index (χ3v) is 7.42. The van der Waals surface area contributed by atoms with Crippen molar-refractivity contribution < 1.29 is 19.1 Å². The molecule has 3 aliphatic rings. The molecule has 0 radical (unpaired) electrons. The molecule has 1 aromatic rings. The van der Waals surface area contributed by atoms with Gasteiger partial charge in [-0.15, -0.1) is 0 Å². The van der Waals surface area contributed by atoms with Crippen LogP contribution in [0.5, 0.6) is 5.75 Å². The number of rotatable bonds is 7. The molecule has 0 amide bonds. The molecule has 0 spiro atoms. The zero-order chi connectivity index (χ0) is 22.0. The Labute approximate surface area is 200 Å². The Morgan fingerprint density at radius 1 is 0.903 bits per heavy atom. The topological polar surface area (TPSA) is 52.6 Å². The number of allylic oxidation sites excluding steroid dienone is 4. The molecular formula is C25H28Br2O4. The number of Topliss-reactive ketones (excluding diaryl/α,β-unsaturated/α-hetero) is 2. The molecule has 6 heteroatoms. The van der Waals surface area contributed by atoms with Gasteiger partial charge in [0.1, 0.15) is 17.3 Å². The first-order chi connectivity index (χ1) is 15.0. The fourth-order valence-electron chi connectivity index (χ4n) is 4.74. The van der Waals surface area contributed by atoms with Crippen LogP contribution in [0.15, 0.2) is 43.7 Å². The molecule has 4 rings (SSSR count). The molecule has 31 heavy (non-hydrogen) atoms. The van der Waals surface area contributed by atoms with E-state index in [1.54, 1.807) is 0 Å². The smallest absolute Gasteiger partial charge is 0.163 e. The Balaban J connectivity index is 1.69. The number of hydrogen-bond donors (Lipinski definition) is 0. The molecule has 0 saturated carbocycles. The zero-order valence-electron chi connectivity index (χ0n) is 17.9. The average molecular weight is 552 g/mol. The second-order valence-corrected chi connectivity index (χ2v) is 10.2. The van der Waals surface area contributed by atoms with Gasteiger partial charge in [-0.1, -0.05) is 26.2 Å². The maximum absolute atomic E-state index is 12.9. The quantitative estimate of drug-likeness (QED) is 0.334. The number of hydrogen-bond acceptors (Lipinski definition) is 4. The van der Waals surface area contributed by atoms with Gasteiger partial charge in [0.05, 0.1) is 15.6 Å². The number of ketones is 2. The number of ether oxygens (including phenoxy) is 2. The number of benzene rings is 1. The first-order valence-electron chi connectivity index (χ1n) is 11.3. The van der Waals surface area contributed by atoms with Crippen LogP contribution in [0.3, 0.4) is 0 Å². The Hall–Kier alpha value is -1.40. The van der Waals surface area contributed by atoms with Crippen molar-refractivity contribution in [1.82, 2.24) is 0 Å². The fraction of sp³-hybridized carbons (Fsp3) is 0.520. The predicted molar refractivity (Wildman–Crippen MR) is 127 cm³/mol. The lowest BCUT2D eigenvalue weighted by Crippen LogP contribution is -2.30. The van der Waals surface area contributed by atoms with Crippen LogP contribution in [0.1, 0.15) is 82.6 Å². The summed E-state index contributed by atoms with van der Waals surface area (Å²) in [5.74, 6) is 2.13. The van der Waals surface area contributed by atoms with Crippen molar-refractivity contribution in [2.45, 2.75) is 77.0 Å². The molecular weight excluding hydrogens is 524 g/mol. The summed E-state index contributed by atoms with van der Waals surface area (Å²) in [6.07, 6.45) is 8.72. The van der Waals surface area contributed by atoms with E-state index < -0.39 is 0 Å². The lowest BCUT2D eigenvalue weighted by molar-refractivity contribution is -0.117. The van der Waals surface area contributed by atoms with E-state index in [4.69, 9.17) is 9.47 Å². The minimum Gasteiger partial charge on any atom is -0.491 e. The molecule has 0 unspecified atom stereocenters. The van der Waals surface area contributed by atoms with Crippen LogP contribution in [0.4, 0.5) is 0 Å². The minimum atomic E-state index is -0.356. The number of halogens is 2. The third-order valence-electron chi connectivity index (χ3n) is 6.24. The van der Waals surface area contributed by atoms with Crippen molar-refractivity contribution in [1.29, 1.82) is 0 Å². The highest BCUT2D eigenvalue weighted by atomic mass is 79.9. The van der Waals surface area contributed by atoms with E-state index in [0.29, 0.717) is 30.6 Å². The summed E-state index contributed by atoms with van der Waals surface area (Å²) >= 11 is 7.33. The van der Waals surface area contributed by atoms with Crippen molar-refractivity contribution >= 4 is 43.4 Å². The number of unbranched alkanes of at least 4 members (excludes halogenated alkanes) is 3. The van der Waals surface area contributed by atoms with E-state index in [2.05, 4.69) is 38.8 Å². The molecule has 166 valence electrons. The van der Waals surface area contributed by atoms with Crippen molar-refractivity contribution in [2.75, 3.05) is 6.61 Å². The van der Waals surface area contributed by atoms with Gasteiger partial charge in [-0.25, -0.2) is 0 Å². The number of carbonyl (C=O) groups is 2. The van der Waals surface area contributed by atoms with E-state index in [1.165, 1.54) is 12.8 Å². The normalized spacial score (nSPS) is 19.3. The maximum atomic E-state index is 12.9. The van der Waals surface area contributed by atoms with E-state index in [-0.39, 0.29) is 17.5 Å². The second kappa shape index (κ2) is 10.0. The van der Waals surface area contributed by atoms with Crippen molar-refractivity contribution in [3.05, 3.63) is 49.3 Å². The van der Waals surface area contributed by atoms with Gasteiger partial charge >= 0.3 is 0 Å². The average Bonchev–Trinajstić information content (AvgIpc) is 2.74. The number of carbonyl (C=O) groups excluding carboxylic acids is 2. The first kappa shape index (κ1) is 22.8. The van der Waals surface area contributed by atoms with Gasteiger partial charge in [0.2, 0.25) is 0 Å². The molecule has 1 aliphatic heterocycles. The van der Waals surface area contributed by atoms with Gasteiger partial charge in [-0.05, 0) is 68.8 Å². The Bertz CT molecular complexity index is 895. The lowest BCUT2D eigenvalue weighted by atomic mass is 9.73. The lowest BCUT2D eigenvalue weighted by Gasteiger charge is -2.36. The SMILES string of the molecule is CCCCCCOc1c(Br)cc(C2C3=C(CCCC3=O)OC3=C2C(=O)CCC3)cc1Br. The predicted octanol–water partition coefficient (Wildman–Crippen LogP) is 7.30. The van der Waals surface area contributed by atoms with Gasteiger partial charge in [-0.3, -0.25) is 9.59 Å². The molecule has 1 heterocycles. The van der Waals surface area contributed by atoms with Crippen LogP contribution < -0.4 is 4.74 Å². The second-order valence-electron chi connectivity index (χ2n) is 8.49. The molecule has 2 aliphatic carbocycles. The molecule has 0 aromatic heterocycles. The van der Waals surface area contributed by atoms with Crippen LogP contribution in [-0.2, 0) is 14.3 Å². The van der Waals surface area contributed by atoms with Crippen LogP contribution in [0, 0.1) is 0 Å². The van der Waals surface area contributed by atoms with Crippen LogP contribution in [0.2, 0.25) is 0 Å². The third kappa shape index (κ3) is 4.70. The van der Waals surface area contributed by atoms with E-state index in [9.17, 15) is 9.59 Å². The van der Waals surface area contributed by atoms with Crippen LogP contribution >= 0.6 is 31.9 Å². The highest BCUT2D eigenvalue weighted by Crippen LogP contribution is 2.49. The summed E-state index contributed by atoms with van der Waals surface area (Å²) < 4.78 is 13.8. The summed E-state index contributed by atoms with van der Waals surface area (Å²) in [6, 6.07) is 4.00. The molecule has 0 N–H and O–H groups in total. The Kier molecular flexibility index (Phi) is 7.37. The van der Waals surface area contributed by atoms with Gasteiger partial charge in [0, 0.05) is 42.7 Å². The highest BCUT2D eigenvalue weighted by Gasteiger charge is 2.42. The standard InChI is InChI=1S/C25H28Br2O4/c1-2-3-4-5-12-30-25-16(26)13-15(14-17(25)27)22-23-18(28)8-6-10-20(23)31-21-11-7-9-19(29)24(21)22/h13-14,22H,2-12H2,1H3. The summed E-state index contributed by atoms with van der Waals surface area (Å²) in [4.78, 5) is 25.9. The van der Waals surface area contributed by atoms with Crippen molar-refractivity contribution in [2.24, 2.45) is 0 Å². The molecule has 4 nitrogen and oxygen atoms in total. The van der Waals surface area contributed by atoms with Gasteiger partial charge in [0.15, 0.2) is 11.6 Å². The minimum absolute atomic E-state index is 0.0969. The fourth-order valence-corrected chi connectivity index (χ4v) is 6.19. The molecule has 0 fully saturated rings. The molecule has 0 saturated heterocycles. The first-order valence-corrected chi connectivity index (χ1v) is 12.9. The largest absolute Gasteiger partial charge is 0.491 e. The molecule has 0 bridgehead atoms. The molecule has 0 atom stereocenters. The summed E-state index contributed by atoms with van der Waals surface area (Å²) in [5.41, 5.74) is 2.27. The van der Waals surface area contributed by atoms with E-state index in [0.717, 1.165) is 70.3 Å².